The Labute approximate surface area is 144 Å². The lowest BCUT2D eigenvalue weighted by molar-refractivity contribution is 0.503. The zero-order valence-electron chi connectivity index (χ0n) is 13.6. The Kier molecular flexibility index (Phi) is 3.86. The number of hydrogen-bond acceptors (Lipinski definition) is 5. The third-order valence-electron chi connectivity index (χ3n) is 4.00. The average Bonchev–Trinajstić information content (AvgIpc) is 3.06. The first-order valence-electron chi connectivity index (χ1n) is 7.72. The van der Waals surface area contributed by atoms with Crippen LogP contribution in [0, 0.1) is 0 Å². The smallest absolute Gasteiger partial charge is 0.161 e. The van der Waals surface area contributed by atoms with Crippen molar-refractivity contribution in [1.82, 2.24) is 14.9 Å². The molecule has 24 heavy (non-hydrogen) atoms. The number of likely N-dealkylation sites (N-methyl/N-ethyl adjacent to an activating group) is 1. The van der Waals surface area contributed by atoms with Crippen molar-refractivity contribution in [3.8, 4) is 11.1 Å². The average molecular weight is 335 g/mol. The fourth-order valence-electron chi connectivity index (χ4n) is 2.82. The predicted octanol–water partition coefficient (Wildman–Crippen LogP) is 4.45. The zero-order chi connectivity index (χ0) is 16.5. The van der Waals surface area contributed by atoms with Crippen molar-refractivity contribution in [2.75, 3.05) is 19.8 Å². The first-order chi connectivity index (χ1) is 11.7. The summed E-state index contributed by atoms with van der Waals surface area (Å²) in [4.78, 5) is 10.9. The van der Waals surface area contributed by atoms with Gasteiger partial charge in [0.05, 0.1) is 5.03 Å². The van der Waals surface area contributed by atoms with E-state index in [4.69, 9.17) is 4.42 Å². The van der Waals surface area contributed by atoms with Crippen molar-refractivity contribution in [3.63, 3.8) is 0 Å². The molecule has 120 valence electrons. The Morgan fingerprint density at radius 2 is 2.04 bits per heavy atom. The van der Waals surface area contributed by atoms with Crippen LogP contribution in [0.3, 0.4) is 0 Å². The van der Waals surface area contributed by atoms with E-state index in [1.54, 1.807) is 11.8 Å². The van der Waals surface area contributed by atoms with Crippen LogP contribution >= 0.6 is 11.8 Å². The van der Waals surface area contributed by atoms with Crippen molar-refractivity contribution in [2.45, 2.75) is 5.03 Å². The molecule has 0 aromatic carbocycles. The van der Waals surface area contributed by atoms with Crippen molar-refractivity contribution >= 4 is 28.4 Å². The lowest BCUT2D eigenvalue weighted by atomic mass is 10.1. The molecule has 3 aromatic heterocycles. The number of hydrogen-bond donors (Lipinski definition) is 0. The maximum absolute atomic E-state index is 6.18. The van der Waals surface area contributed by atoms with E-state index in [-0.39, 0.29) is 0 Å². The van der Waals surface area contributed by atoms with Gasteiger partial charge < -0.3 is 9.32 Å². The third kappa shape index (κ3) is 2.71. The second-order valence-electron chi connectivity index (χ2n) is 5.70. The normalized spacial score (nSPS) is 14.2. The van der Waals surface area contributed by atoms with Crippen LogP contribution in [-0.4, -0.2) is 34.7 Å². The van der Waals surface area contributed by atoms with E-state index in [9.17, 15) is 0 Å². The number of allylic oxidation sites excluding steroid dienone is 2. The Morgan fingerprint density at radius 1 is 1.17 bits per heavy atom. The van der Waals surface area contributed by atoms with E-state index in [0.717, 1.165) is 45.1 Å². The van der Waals surface area contributed by atoms with Crippen LogP contribution in [0.4, 0.5) is 0 Å². The Bertz CT molecular complexity index is 958. The summed E-state index contributed by atoms with van der Waals surface area (Å²) in [7, 11) is 2.05. The lowest BCUT2D eigenvalue weighted by Gasteiger charge is -2.16. The fraction of sp³-hybridized carbons (Fsp3) is 0.158. The van der Waals surface area contributed by atoms with E-state index < -0.39 is 0 Å². The molecular weight excluding hydrogens is 318 g/mol. The largest absolute Gasteiger partial charge is 0.454 e. The maximum Gasteiger partial charge on any atom is 0.161 e. The van der Waals surface area contributed by atoms with Crippen molar-refractivity contribution < 1.29 is 4.42 Å². The van der Waals surface area contributed by atoms with Gasteiger partial charge in [0.1, 0.15) is 11.3 Å². The number of fused-ring (bicyclic) bond motifs is 1. The summed E-state index contributed by atoms with van der Waals surface area (Å²) in [5, 5.41) is 0.990. The third-order valence-corrected chi connectivity index (χ3v) is 4.64. The highest BCUT2D eigenvalue weighted by atomic mass is 32.2. The summed E-state index contributed by atoms with van der Waals surface area (Å²) >= 11 is 1.63. The van der Waals surface area contributed by atoms with E-state index >= 15 is 0 Å². The van der Waals surface area contributed by atoms with Crippen molar-refractivity contribution in [1.29, 1.82) is 0 Å². The maximum atomic E-state index is 6.18. The van der Waals surface area contributed by atoms with Crippen LogP contribution in [0.25, 0.3) is 27.8 Å². The second-order valence-corrected chi connectivity index (χ2v) is 6.52. The van der Waals surface area contributed by atoms with E-state index in [2.05, 4.69) is 46.3 Å². The van der Waals surface area contributed by atoms with Crippen LogP contribution in [0.2, 0.25) is 0 Å². The molecule has 1 aliphatic rings. The monoisotopic (exact) mass is 335 g/mol. The van der Waals surface area contributed by atoms with E-state index in [1.807, 2.05) is 36.8 Å². The van der Waals surface area contributed by atoms with Gasteiger partial charge >= 0.3 is 0 Å². The van der Waals surface area contributed by atoms with Crippen LogP contribution in [0.5, 0.6) is 0 Å². The van der Waals surface area contributed by atoms with Gasteiger partial charge in [0.15, 0.2) is 5.58 Å². The minimum absolute atomic E-state index is 0.813. The van der Waals surface area contributed by atoms with Gasteiger partial charge in [-0.3, -0.25) is 4.98 Å². The number of furan rings is 1. The number of aromatic nitrogens is 2. The summed E-state index contributed by atoms with van der Waals surface area (Å²) in [6.07, 6.45) is 12.0. The molecule has 0 saturated carbocycles. The topological polar surface area (TPSA) is 42.2 Å². The number of thioether (sulfide) groups is 1. The summed E-state index contributed by atoms with van der Waals surface area (Å²) in [5.74, 6) is 0.840. The summed E-state index contributed by atoms with van der Waals surface area (Å²) < 4.78 is 6.18. The van der Waals surface area contributed by atoms with Crippen molar-refractivity contribution in [2.24, 2.45) is 0 Å². The number of pyridine rings is 2. The zero-order valence-corrected chi connectivity index (χ0v) is 14.4. The standard InChI is InChI=1S/C19H17N3OS/c1-22-9-3-4-14(12-22)17-11-16-19(23-17)15(6-8-20-16)13-5-7-21-18(10-13)24-2/h3-8,10-12H,9H2,1-2H3. The molecule has 0 saturated heterocycles. The molecule has 4 nitrogen and oxygen atoms in total. The highest BCUT2D eigenvalue weighted by Crippen LogP contribution is 2.33. The molecule has 0 spiro atoms. The second kappa shape index (κ2) is 6.17. The van der Waals surface area contributed by atoms with Gasteiger partial charge in [-0.05, 0) is 30.0 Å². The SMILES string of the molecule is CSc1cc(-c2ccnc3cc(C4=CN(C)CC=C4)oc23)ccn1. The molecule has 0 unspecified atom stereocenters. The summed E-state index contributed by atoms with van der Waals surface area (Å²) in [6, 6.07) is 8.08. The van der Waals surface area contributed by atoms with Crippen molar-refractivity contribution in [3.05, 3.63) is 60.8 Å². The van der Waals surface area contributed by atoms with Gasteiger partial charge in [0.2, 0.25) is 0 Å². The highest BCUT2D eigenvalue weighted by molar-refractivity contribution is 7.98. The molecule has 0 radical (unpaired) electrons. The molecular formula is C19H17N3OS. The van der Waals surface area contributed by atoms with Crippen LogP contribution in [0.1, 0.15) is 5.76 Å². The first-order valence-corrected chi connectivity index (χ1v) is 8.95. The van der Waals surface area contributed by atoms with Crippen LogP contribution < -0.4 is 0 Å². The van der Waals surface area contributed by atoms with Gasteiger partial charge in [-0.1, -0.05) is 12.2 Å². The molecule has 0 amide bonds. The molecule has 5 heteroatoms. The molecule has 3 aromatic rings. The highest BCUT2D eigenvalue weighted by Gasteiger charge is 2.14. The van der Waals surface area contributed by atoms with Crippen LogP contribution in [0.15, 0.2) is 64.5 Å². The summed E-state index contributed by atoms with van der Waals surface area (Å²) in [6.45, 7) is 0.918. The Hall–Kier alpha value is -2.53. The molecule has 4 rings (SSSR count). The van der Waals surface area contributed by atoms with E-state index in [1.165, 1.54) is 0 Å². The number of rotatable bonds is 3. The first kappa shape index (κ1) is 15.0. The summed E-state index contributed by atoms with van der Waals surface area (Å²) in [5.41, 5.74) is 4.87. The predicted molar refractivity (Wildman–Crippen MR) is 98.8 cm³/mol. The fourth-order valence-corrected chi connectivity index (χ4v) is 3.23. The number of nitrogens with zero attached hydrogens (tertiary/aromatic N) is 3. The molecule has 0 aliphatic carbocycles. The van der Waals surface area contributed by atoms with Gasteiger partial charge in [-0.15, -0.1) is 11.8 Å². The van der Waals surface area contributed by atoms with E-state index in [0.29, 0.717) is 0 Å². The lowest BCUT2D eigenvalue weighted by Crippen LogP contribution is -2.13. The Balaban J connectivity index is 1.84. The molecule has 1 aliphatic heterocycles. The Morgan fingerprint density at radius 3 is 2.88 bits per heavy atom. The molecule has 4 heterocycles. The van der Waals surface area contributed by atoms with Gasteiger partial charge in [0.25, 0.3) is 0 Å². The van der Waals surface area contributed by atoms with Gasteiger partial charge in [-0.2, -0.15) is 0 Å². The van der Waals surface area contributed by atoms with Crippen LogP contribution in [-0.2, 0) is 0 Å². The van der Waals surface area contributed by atoms with Gasteiger partial charge in [0, 0.05) is 49.4 Å². The quantitative estimate of drug-likeness (QED) is 0.661. The molecule has 0 atom stereocenters. The van der Waals surface area contributed by atoms with Gasteiger partial charge in [-0.25, -0.2) is 4.98 Å². The molecule has 0 bridgehead atoms. The molecule has 0 N–H and O–H groups in total. The molecule has 0 fully saturated rings. The minimum atomic E-state index is 0.813. The minimum Gasteiger partial charge on any atom is -0.454 e.